The van der Waals surface area contributed by atoms with Gasteiger partial charge >= 0.3 is 0 Å². The van der Waals surface area contributed by atoms with Crippen LogP contribution >= 0.6 is 11.8 Å². The lowest BCUT2D eigenvalue weighted by molar-refractivity contribution is 0.206. The number of nitrogens with zero attached hydrogens (tertiary/aromatic N) is 3. The molecule has 0 atom stereocenters. The fourth-order valence-corrected chi connectivity index (χ4v) is 2.80. The average Bonchev–Trinajstić information content (AvgIpc) is 2.50. The molecule has 5 heteroatoms. The highest BCUT2D eigenvalue weighted by Crippen LogP contribution is 2.17. The summed E-state index contributed by atoms with van der Waals surface area (Å²) in [5.74, 6) is 0. The molecule has 1 aromatic rings. The van der Waals surface area contributed by atoms with Gasteiger partial charge in [0, 0.05) is 19.6 Å². The van der Waals surface area contributed by atoms with Crippen LogP contribution in [0.2, 0.25) is 0 Å². The standard InChI is InChI=1S/C15H20N4S/c1-20-15(17-12-16)18-14-7-9-19(10-8-14)11-13-5-3-2-4-6-13/h2-6,14H,7-11H2,1H3,(H,17,18). The number of likely N-dealkylation sites (tertiary alicyclic amines) is 1. The summed E-state index contributed by atoms with van der Waals surface area (Å²) in [4.78, 5) is 7.07. The van der Waals surface area contributed by atoms with E-state index in [-0.39, 0.29) is 0 Å². The van der Waals surface area contributed by atoms with Crippen molar-refractivity contribution in [2.75, 3.05) is 19.3 Å². The third-order valence-corrected chi connectivity index (χ3v) is 4.06. The Balaban J connectivity index is 1.82. The Hall–Kier alpha value is -1.51. The summed E-state index contributed by atoms with van der Waals surface area (Å²) in [6, 6.07) is 10.9. The number of thioether (sulfide) groups is 1. The zero-order valence-electron chi connectivity index (χ0n) is 11.7. The van der Waals surface area contributed by atoms with Gasteiger partial charge in [-0.05, 0) is 24.7 Å². The maximum absolute atomic E-state index is 8.64. The van der Waals surface area contributed by atoms with E-state index in [2.05, 4.69) is 45.5 Å². The molecule has 0 bridgehead atoms. The van der Waals surface area contributed by atoms with Gasteiger partial charge in [-0.3, -0.25) is 15.2 Å². The van der Waals surface area contributed by atoms with E-state index in [0.29, 0.717) is 6.04 Å². The summed E-state index contributed by atoms with van der Waals surface area (Å²) in [7, 11) is 0. The third kappa shape index (κ3) is 4.55. The third-order valence-electron chi connectivity index (χ3n) is 3.46. The van der Waals surface area contributed by atoms with Crippen molar-refractivity contribution >= 4 is 16.9 Å². The van der Waals surface area contributed by atoms with Gasteiger partial charge in [-0.25, -0.2) is 0 Å². The average molecular weight is 288 g/mol. The predicted molar refractivity (Wildman–Crippen MR) is 84.4 cm³/mol. The Morgan fingerprint density at radius 1 is 1.40 bits per heavy atom. The topological polar surface area (TPSA) is 51.4 Å². The number of hydrogen-bond donors (Lipinski definition) is 1. The minimum absolute atomic E-state index is 0.338. The molecule has 1 aromatic carbocycles. The van der Waals surface area contributed by atoms with E-state index in [1.807, 2.05) is 12.4 Å². The lowest BCUT2D eigenvalue weighted by Gasteiger charge is -2.30. The van der Waals surface area contributed by atoms with Crippen molar-refractivity contribution in [3.8, 4) is 6.19 Å². The molecule has 1 saturated heterocycles. The van der Waals surface area contributed by atoms with Crippen LogP contribution in [0.4, 0.5) is 0 Å². The molecule has 20 heavy (non-hydrogen) atoms. The number of benzene rings is 1. The normalized spacial score (nSPS) is 17.7. The van der Waals surface area contributed by atoms with E-state index in [9.17, 15) is 0 Å². The maximum Gasteiger partial charge on any atom is 0.183 e. The molecule has 0 unspecified atom stereocenters. The smallest absolute Gasteiger partial charge is 0.183 e. The lowest BCUT2D eigenvalue weighted by atomic mass is 10.0. The van der Waals surface area contributed by atoms with Crippen molar-refractivity contribution < 1.29 is 0 Å². The van der Waals surface area contributed by atoms with Crippen LogP contribution in [0.5, 0.6) is 0 Å². The van der Waals surface area contributed by atoms with Gasteiger partial charge < -0.3 is 0 Å². The first-order valence-corrected chi connectivity index (χ1v) is 8.07. The predicted octanol–water partition coefficient (Wildman–Crippen LogP) is 2.44. The Kier molecular flexibility index (Phi) is 5.90. The lowest BCUT2D eigenvalue weighted by Crippen LogP contribution is -2.35. The second-order valence-electron chi connectivity index (χ2n) is 4.87. The molecule has 4 nitrogen and oxygen atoms in total. The highest BCUT2D eigenvalue weighted by atomic mass is 32.2. The first kappa shape index (κ1) is 14.9. The number of amidine groups is 1. The van der Waals surface area contributed by atoms with E-state index < -0.39 is 0 Å². The van der Waals surface area contributed by atoms with Gasteiger partial charge in [0.25, 0.3) is 0 Å². The first-order valence-electron chi connectivity index (χ1n) is 6.85. The van der Waals surface area contributed by atoms with Gasteiger partial charge in [-0.2, -0.15) is 5.26 Å². The zero-order chi connectivity index (χ0) is 14.2. The summed E-state index contributed by atoms with van der Waals surface area (Å²) in [6.45, 7) is 3.15. The van der Waals surface area contributed by atoms with Crippen LogP contribution in [-0.2, 0) is 6.54 Å². The SMILES string of the molecule is CSC(=NC1CCN(Cc2ccccc2)CC1)NC#N. The van der Waals surface area contributed by atoms with Crippen LogP contribution in [0.25, 0.3) is 0 Å². The van der Waals surface area contributed by atoms with Crippen LogP contribution in [0.1, 0.15) is 18.4 Å². The Labute approximate surface area is 124 Å². The molecule has 106 valence electrons. The molecule has 1 heterocycles. The zero-order valence-corrected chi connectivity index (χ0v) is 12.6. The molecule has 0 saturated carbocycles. The van der Waals surface area contributed by atoms with Crippen molar-refractivity contribution in [2.24, 2.45) is 4.99 Å². The summed E-state index contributed by atoms with van der Waals surface area (Å²) in [5, 5.41) is 12.0. The number of aliphatic imine (C=N–C) groups is 1. The van der Waals surface area contributed by atoms with Crippen molar-refractivity contribution in [1.29, 1.82) is 5.26 Å². The van der Waals surface area contributed by atoms with Crippen molar-refractivity contribution in [1.82, 2.24) is 10.2 Å². The van der Waals surface area contributed by atoms with Gasteiger partial charge in [0.2, 0.25) is 0 Å². The number of rotatable bonds is 3. The van der Waals surface area contributed by atoms with Crippen molar-refractivity contribution in [2.45, 2.75) is 25.4 Å². The number of piperidine rings is 1. The molecular weight excluding hydrogens is 268 g/mol. The van der Waals surface area contributed by atoms with Crippen molar-refractivity contribution in [3.63, 3.8) is 0 Å². The van der Waals surface area contributed by atoms with Gasteiger partial charge in [0.05, 0.1) is 6.04 Å². The summed E-state index contributed by atoms with van der Waals surface area (Å²) in [6.07, 6.45) is 5.99. The molecule has 1 aliphatic heterocycles. The van der Waals surface area contributed by atoms with E-state index >= 15 is 0 Å². The molecule has 0 aliphatic carbocycles. The first-order chi connectivity index (χ1) is 9.81. The van der Waals surface area contributed by atoms with Gasteiger partial charge in [-0.15, -0.1) is 0 Å². The van der Waals surface area contributed by atoms with E-state index in [1.165, 1.54) is 17.3 Å². The van der Waals surface area contributed by atoms with Gasteiger partial charge in [0.15, 0.2) is 11.4 Å². The molecule has 0 spiro atoms. The maximum atomic E-state index is 8.64. The molecule has 1 fully saturated rings. The fourth-order valence-electron chi connectivity index (χ4n) is 2.40. The Morgan fingerprint density at radius 2 is 2.10 bits per heavy atom. The molecule has 0 radical (unpaired) electrons. The van der Waals surface area contributed by atoms with E-state index in [4.69, 9.17) is 5.26 Å². The van der Waals surface area contributed by atoms with Crippen LogP contribution < -0.4 is 5.32 Å². The molecule has 1 aliphatic rings. The minimum atomic E-state index is 0.338. The van der Waals surface area contributed by atoms with Crippen LogP contribution in [0.15, 0.2) is 35.3 Å². The summed E-state index contributed by atoms with van der Waals surface area (Å²) >= 11 is 1.49. The molecular formula is C15H20N4S. The molecule has 0 aromatic heterocycles. The van der Waals surface area contributed by atoms with Crippen LogP contribution in [-0.4, -0.2) is 35.5 Å². The van der Waals surface area contributed by atoms with Gasteiger partial charge in [-0.1, -0.05) is 42.1 Å². The number of hydrogen-bond acceptors (Lipinski definition) is 4. The van der Waals surface area contributed by atoms with Crippen molar-refractivity contribution in [3.05, 3.63) is 35.9 Å². The minimum Gasteiger partial charge on any atom is -0.299 e. The van der Waals surface area contributed by atoms with E-state index in [0.717, 1.165) is 37.6 Å². The highest BCUT2D eigenvalue weighted by molar-refractivity contribution is 8.13. The second-order valence-corrected chi connectivity index (χ2v) is 5.66. The number of nitriles is 1. The Morgan fingerprint density at radius 3 is 2.70 bits per heavy atom. The number of nitrogens with one attached hydrogen (secondary N) is 1. The molecule has 2 rings (SSSR count). The quantitative estimate of drug-likeness (QED) is 0.402. The summed E-state index contributed by atoms with van der Waals surface area (Å²) < 4.78 is 0. The second kappa shape index (κ2) is 7.93. The van der Waals surface area contributed by atoms with Crippen LogP contribution in [0.3, 0.4) is 0 Å². The van der Waals surface area contributed by atoms with E-state index in [1.54, 1.807) is 0 Å². The summed E-state index contributed by atoms with van der Waals surface area (Å²) in [5.41, 5.74) is 1.37. The largest absolute Gasteiger partial charge is 0.299 e. The van der Waals surface area contributed by atoms with Gasteiger partial charge in [0.1, 0.15) is 0 Å². The van der Waals surface area contributed by atoms with Crippen LogP contribution in [0, 0.1) is 11.5 Å². The monoisotopic (exact) mass is 288 g/mol. The Bertz CT molecular complexity index is 472. The molecule has 0 amide bonds. The fraction of sp³-hybridized carbons (Fsp3) is 0.467. The highest BCUT2D eigenvalue weighted by Gasteiger charge is 2.19. The molecule has 1 N–H and O–H groups in total.